The standard InChI is InChI=1S/C30H36ClN3O6S/c1-6-40-26-14-12-25(13-15-26)34(41(37,38)28-16-10-24(31)11-17-28)20-29(35)33(22(4)30(36)32-21(2)3)19-23-8-7-9-27(18-23)39-5/h7-18,21-22H,6,19-20H2,1-5H3,(H,32,36). The second-order valence-electron chi connectivity index (χ2n) is 9.60. The van der Waals surface area contributed by atoms with E-state index in [0.717, 1.165) is 9.87 Å². The third kappa shape index (κ3) is 8.37. The van der Waals surface area contributed by atoms with E-state index in [2.05, 4.69) is 5.32 Å². The van der Waals surface area contributed by atoms with E-state index in [1.165, 1.54) is 36.3 Å². The summed E-state index contributed by atoms with van der Waals surface area (Å²) in [6.07, 6.45) is 0. The smallest absolute Gasteiger partial charge is 0.264 e. The van der Waals surface area contributed by atoms with Gasteiger partial charge in [-0.25, -0.2) is 8.42 Å². The lowest BCUT2D eigenvalue weighted by Crippen LogP contribution is -2.52. The van der Waals surface area contributed by atoms with Crippen LogP contribution in [0, 0.1) is 0 Å². The fourth-order valence-corrected chi connectivity index (χ4v) is 5.63. The first-order valence-corrected chi connectivity index (χ1v) is 15.0. The second-order valence-corrected chi connectivity index (χ2v) is 11.9. The minimum Gasteiger partial charge on any atom is -0.497 e. The number of hydrogen-bond acceptors (Lipinski definition) is 6. The van der Waals surface area contributed by atoms with Gasteiger partial charge in [-0.1, -0.05) is 23.7 Å². The summed E-state index contributed by atoms with van der Waals surface area (Å²) < 4.78 is 39.6. The predicted molar refractivity (Wildman–Crippen MR) is 160 cm³/mol. The molecule has 11 heteroatoms. The molecule has 0 spiro atoms. The van der Waals surface area contributed by atoms with E-state index in [0.29, 0.717) is 23.1 Å². The van der Waals surface area contributed by atoms with Gasteiger partial charge in [0.25, 0.3) is 10.0 Å². The van der Waals surface area contributed by atoms with Crippen LogP contribution >= 0.6 is 11.6 Å². The first-order chi connectivity index (χ1) is 19.5. The number of carbonyl (C=O) groups is 2. The van der Waals surface area contributed by atoms with Gasteiger partial charge in [0, 0.05) is 17.6 Å². The van der Waals surface area contributed by atoms with Crippen molar-refractivity contribution in [2.75, 3.05) is 24.6 Å². The summed E-state index contributed by atoms with van der Waals surface area (Å²) in [4.78, 5) is 28.3. The van der Waals surface area contributed by atoms with Crippen LogP contribution in [0.15, 0.2) is 77.7 Å². The van der Waals surface area contributed by atoms with E-state index < -0.39 is 28.5 Å². The molecule has 0 saturated carbocycles. The van der Waals surface area contributed by atoms with E-state index in [1.54, 1.807) is 49.4 Å². The Kier molecular flexibility index (Phi) is 11.0. The van der Waals surface area contributed by atoms with Crippen molar-refractivity contribution in [3.05, 3.63) is 83.4 Å². The molecule has 0 heterocycles. The van der Waals surface area contributed by atoms with Crippen LogP contribution in [0.25, 0.3) is 0 Å². The van der Waals surface area contributed by atoms with E-state index in [9.17, 15) is 18.0 Å². The molecule has 0 aliphatic carbocycles. The number of methoxy groups -OCH3 is 1. The van der Waals surface area contributed by atoms with Gasteiger partial charge in [-0.2, -0.15) is 0 Å². The lowest BCUT2D eigenvalue weighted by Gasteiger charge is -2.32. The Hall–Kier alpha value is -3.76. The Morgan fingerprint density at radius 1 is 0.951 bits per heavy atom. The molecule has 41 heavy (non-hydrogen) atoms. The maximum Gasteiger partial charge on any atom is 0.264 e. The summed E-state index contributed by atoms with van der Waals surface area (Å²) in [6.45, 7) is 7.06. The van der Waals surface area contributed by atoms with Gasteiger partial charge in [0.05, 0.1) is 24.3 Å². The molecule has 3 rings (SSSR count). The number of sulfonamides is 1. The molecule has 0 bridgehead atoms. The highest BCUT2D eigenvalue weighted by Crippen LogP contribution is 2.27. The number of benzene rings is 3. The number of nitrogens with one attached hydrogen (secondary N) is 1. The molecule has 3 aromatic rings. The van der Waals surface area contributed by atoms with Crippen LogP contribution in [-0.2, 0) is 26.2 Å². The predicted octanol–water partition coefficient (Wildman–Crippen LogP) is 4.88. The Balaban J connectivity index is 2.04. The van der Waals surface area contributed by atoms with Crippen LogP contribution in [0.2, 0.25) is 5.02 Å². The van der Waals surface area contributed by atoms with Crippen molar-refractivity contribution < 1.29 is 27.5 Å². The van der Waals surface area contributed by atoms with E-state index >= 15 is 0 Å². The quantitative estimate of drug-likeness (QED) is 0.299. The Labute approximate surface area is 247 Å². The average Bonchev–Trinajstić information content (AvgIpc) is 2.94. The number of carbonyl (C=O) groups excluding carboxylic acids is 2. The maximum atomic E-state index is 14.0. The molecule has 0 fully saturated rings. The molecule has 0 aliphatic heterocycles. The number of ether oxygens (including phenoxy) is 2. The zero-order chi connectivity index (χ0) is 30.2. The minimum absolute atomic E-state index is 0.0338. The first-order valence-electron chi connectivity index (χ1n) is 13.2. The number of amides is 2. The summed E-state index contributed by atoms with van der Waals surface area (Å²) in [5.74, 6) is 0.232. The molecule has 9 nitrogen and oxygen atoms in total. The van der Waals surface area contributed by atoms with Crippen LogP contribution in [-0.4, -0.2) is 57.5 Å². The lowest BCUT2D eigenvalue weighted by atomic mass is 10.1. The van der Waals surface area contributed by atoms with Crippen molar-refractivity contribution in [1.82, 2.24) is 10.2 Å². The van der Waals surface area contributed by atoms with Crippen molar-refractivity contribution in [3.8, 4) is 11.5 Å². The average molecular weight is 602 g/mol. The van der Waals surface area contributed by atoms with Crippen molar-refractivity contribution in [3.63, 3.8) is 0 Å². The lowest BCUT2D eigenvalue weighted by molar-refractivity contribution is -0.139. The van der Waals surface area contributed by atoms with E-state index in [1.807, 2.05) is 26.8 Å². The van der Waals surface area contributed by atoms with Crippen LogP contribution in [0.4, 0.5) is 5.69 Å². The van der Waals surface area contributed by atoms with Gasteiger partial charge < -0.3 is 19.7 Å². The second kappa shape index (κ2) is 14.2. The molecule has 1 atom stereocenters. The third-order valence-electron chi connectivity index (χ3n) is 6.20. The zero-order valence-electron chi connectivity index (χ0n) is 23.8. The Morgan fingerprint density at radius 3 is 2.20 bits per heavy atom. The van der Waals surface area contributed by atoms with E-state index in [-0.39, 0.29) is 29.1 Å². The van der Waals surface area contributed by atoms with Crippen LogP contribution in [0.1, 0.15) is 33.3 Å². The van der Waals surface area contributed by atoms with Gasteiger partial charge in [-0.3, -0.25) is 13.9 Å². The third-order valence-corrected chi connectivity index (χ3v) is 8.24. The van der Waals surface area contributed by atoms with Crippen LogP contribution in [0.3, 0.4) is 0 Å². The summed E-state index contributed by atoms with van der Waals surface area (Å²) in [5, 5.41) is 3.21. The zero-order valence-corrected chi connectivity index (χ0v) is 25.4. The van der Waals surface area contributed by atoms with Gasteiger partial charge in [0.2, 0.25) is 11.8 Å². The molecule has 3 aromatic carbocycles. The minimum atomic E-state index is -4.21. The summed E-state index contributed by atoms with van der Waals surface area (Å²) in [6, 6.07) is 18.2. The number of hydrogen-bond donors (Lipinski definition) is 1. The highest BCUT2D eigenvalue weighted by atomic mass is 35.5. The van der Waals surface area contributed by atoms with Gasteiger partial charge >= 0.3 is 0 Å². The first kappa shape index (κ1) is 31.8. The molecule has 0 aliphatic rings. The monoisotopic (exact) mass is 601 g/mol. The highest BCUT2D eigenvalue weighted by Gasteiger charge is 2.32. The molecule has 0 radical (unpaired) electrons. The Morgan fingerprint density at radius 2 is 1.61 bits per heavy atom. The normalized spacial score (nSPS) is 12.0. The van der Waals surface area contributed by atoms with Crippen LogP contribution < -0.4 is 19.1 Å². The fraction of sp³-hybridized carbons (Fsp3) is 0.333. The summed E-state index contributed by atoms with van der Waals surface area (Å²) in [7, 11) is -2.67. The SMILES string of the molecule is CCOc1ccc(N(CC(=O)N(Cc2cccc(OC)c2)C(C)C(=O)NC(C)C)S(=O)(=O)c2ccc(Cl)cc2)cc1. The van der Waals surface area contributed by atoms with Crippen LogP contribution in [0.5, 0.6) is 11.5 Å². The maximum absolute atomic E-state index is 14.0. The molecular weight excluding hydrogens is 566 g/mol. The van der Waals surface area contributed by atoms with Gasteiger partial charge in [-0.15, -0.1) is 0 Å². The molecule has 2 amide bonds. The fourth-order valence-electron chi connectivity index (χ4n) is 4.09. The molecule has 0 saturated heterocycles. The Bertz CT molecular complexity index is 1430. The molecular formula is C30H36ClN3O6S. The van der Waals surface area contributed by atoms with Gasteiger partial charge in [0.1, 0.15) is 24.1 Å². The number of nitrogens with zero attached hydrogens (tertiary/aromatic N) is 2. The van der Waals surface area contributed by atoms with Crippen molar-refractivity contribution in [1.29, 1.82) is 0 Å². The molecule has 0 aromatic heterocycles. The number of halogens is 1. The molecule has 220 valence electrons. The number of rotatable bonds is 13. The van der Waals surface area contributed by atoms with Crippen molar-refractivity contribution in [2.24, 2.45) is 0 Å². The topological polar surface area (TPSA) is 105 Å². The van der Waals surface area contributed by atoms with Gasteiger partial charge in [-0.05, 0) is 93.9 Å². The van der Waals surface area contributed by atoms with Crippen molar-refractivity contribution in [2.45, 2.75) is 51.2 Å². The summed E-state index contributed by atoms with van der Waals surface area (Å²) >= 11 is 6.00. The molecule has 1 unspecified atom stereocenters. The highest BCUT2D eigenvalue weighted by molar-refractivity contribution is 7.92. The van der Waals surface area contributed by atoms with Gasteiger partial charge in [0.15, 0.2) is 0 Å². The summed E-state index contributed by atoms with van der Waals surface area (Å²) in [5.41, 5.74) is 0.979. The van der Waals surface area contributed by atoms with Crippen molar-refractivity contribution >= 4 is 39.1 Å². The molecule has 1 N–H and O–H groups in total. The largest absolute Gasteiger partial charge is 0.497 e. The number of anilines is 1. The van der Waals surface area contributed by atoms with E-state index in [4.69, 9.17) is 21.1 Å².